The SMILES string of the molecule is O=Cc1ccc(OC(=O)c2ccc(OCCC(F)(F)C(F)(F)C(F)(F)C(F)(F)C(F)(F)C(F)(F)F)cc2)c(C(=O)Oc2ccccc2)c1. The zero-order chi connectivity index (χ0) is 36.3. The second-order valence-electron chi connectivity index (χ2n) is 9.59. The molecule has 0 unspecified atom stereocenters. The van der Waals surface area contributed by atoms with E-state index in [1.165, 1.54) is 18.2 Å². The van der Waals surface area contributed by atoms with Gasteiger partial charge in [-0.05, 0) is 54.6 Å². The molecule has 0 saturated heterocycles. The smallest absolute Gasteiger partial charge is 0.460 e. The molecular weight excluding hydrogens is 691 g/mol. The molecule has 0 aromatic heterocycles. The topological polar surface area (TPSA) is 78.9 Å². The number of para-hydroxylation sites is 1. The van der Waals surface area contributed by atoms with E-state index in [1.54, 1.807) is 18.2 Å². The third-order valence-electron chi connectivity index (χ3n) is 6.29. The average molecular weight is 708 g/mol. The molecule has 0 amide bonds. The van der Waals surface area contributed by atoms with E-state index in [1.807, 2.05) is 0 Å². The van der Waals surface area contributed by atoms with Crippen molar-refractivity contribution in [3.63, 3.8) is 0 Å². The van der Waals surface area contributed by atoms with Gasteiger partial charge in [-0.2, -0.15) is 57.1 Å². The van der Waals surface area contributed by atoms with E-state index in [-0.39, 0.29) is 28.2 Å². The molecule has 0 aliphatic carbocycles. The molecule has 0 atom stereocenters. The molecular formula is C29H17F13O6. The minimum Gasteiger partial charge on any atom is -0.493 e. The summed E-state index contributed by atoms with van der Waals surface area (Å²) in [6, 6.07) is 14.3. The highest BCUT2D eigenvalue weighted by Gasteiger charge is 2.90. The van der Waals surface area contributed by atoms with Crippen LogP contribution in [0.3, 0.4) is 0 Å². The normalized spacial score (nSPS) is 13.1. The number of carbonyl (C=O) groups excluding carboxylic acids is 3. The van der Waals surface area contributed by atoms with Crippen molar-refractivity contribution in [1.29, 1.82) is 0 Å². The molecule has 3 aromatic rings. The zero-order valence-electron chi connectivity index (χ0n) is 23.3. The van der Waals surface area contributed by atoms with Gasteiger partial charge >= 0.3 is 47.7 Å². The lowest BCUT2D eigenvalue weighted by Crippen LogP contribution is -2.70. The third-order valence-corrected chi connectivity index (χ3v) is 6.29. The molecule has 6 nitrogen and oxygen atoms in total. The van der Waals surface area contributed by atoms with Crippen LogP contribution >= 0.6 is 0 Å². The molecule has 3 rings (SSSR count). The number of esters is 2. The average Bonchev–Trinajstić information content (AvgIpc) is 3.01. The van der Waals surface area contributed by atoms with E-state index < -0.39 is 66.5 Å². The predicted molar refractivity (Wildman–Crippen MR) is 136 cm³/mol. The molecule has 0 N–H and O–H groups in total. The first-order chi connectivity index (χ1) is 22.0. The van der Waals surface area contributed by atoms with Crippen LogP contribution in [0.2, 0.25) is 0 Å². The van der Waals surface area contributed by atoms with Gasteiger partial charge in [-0.1, -0.05) is 18.2 Å². The number of ether oxygens (including phenoxy) is 3. The fourth-order valence-corrected chi connectivity index (χ4v) is 3.62. The lowest BCUT2D eigenvalue weighted by Gasteiger charge is -2.39. The first-order valence-corrected chi connectivity index (χ1v) is 12.8. The fourth-order valence-electron chi connectivity index (χ4n) is 3.62. The number of aldehydes is 1. The van der Waals surface area contributed by atoms with Gasteiger partial charge in [-0.25, -0.2) is 9.59 Å². The maximum absolute atomic E-state index is 14.0. The molecule has 260 valence electrons. The van der Waals surface area contributed by atoms with Gasteiger partial charge in [0.25, 0.3) is 0 Å². The molecule has 0 heterocycles. The highest BCUT2D eigenvalue weighted by molar-refractivity contribution is 5.98. The number of benzene rings is 3. The van der Waals surface area contributed by atoms with Crippen LogP contribution in [0.15, 0.2) is 72.8 Å². The first kappa shape index (κ1) is 37.6. The van der Waals surface area contributed by atoms with Gasteiger partial charge in [0, 0.05) is 5.56 Å². The Kier molecular flexibility index (Phi) is 10.5. The fraction of sp³-hybridized carbons (Fsp3) is 0.276. The van der Waals surface area contributed by atoms with Gasteiger partial charge in [-0.3, -0.25) is 4.79 Å². The van der Waals surface area contributed by atoms with Gasteiger partial charge in [0.2, 0.25) is 0 Å². The number of carbonyl (C=O) groups is 3. The summed E-state index contributed by atoms with van der Waals surface area (Å²) >= 11 is 0. The maximum atomic E-state index is 14.0. The summed E-state index contributed by atoms with van der Waals surface area (Å²) in [7, 11) is 0. The Labute approximate surface area is 260 Å². The highest BCUT2D eigenvalue weighted by Crippen LogP contribution is 2.60. The Balaban J connectivity index is 1.69. The molecule has 0 fully saturated rings. The number of hydrogen-bond donors (Lipinski definition) is 0. The first-order valence-electron chi connectivity index (χ1n) is 12.8. The third kappa shape index (κ3) is 7.18. The van der Waals surface area contributed by atoms with Crippen LogP contribution in [0.25, 0.3) is 0 Å². The van der Waals surface area contributed by atoms with Crippen LogP contribution in [0.4, 0.5) is 57.1 Å². The molecule has 48 heavy (non-hydrogen) atoms. The standard InChI is InChI=1S/C29H17F13O6/c30-24(31,25(32,33)26(34,35)27(36,37)28(38,39)29(40,41)42)12-13-46-18-9-7-17(8-10-18)22(44)48-21-11-6-16(15-43)14-20(21)23(45)47-19-4-2-1-3-5-19/h1-11,14-15H,12-13H2. The predicted octanol–water partition coefficient (Wildman–Crippen LogP) is 8.45. The van der Waals surface area contributed by atoms with E-state index in [9.17, 15) is 71.5 Å². The minimum atomic E-state index is -8.00. The molecule has 0 aliphatic rings. The zero-order valence-corrected chi connectivity index (χ0v) is 23.3. The van der Waals surface area contributed by atoms with Crippen molar-refractivity contribution in [2.75, 3.05) is 6.61 Å². The van der Waals surface area contributed by atoms with Crippen LogP contribution < -0.4 is 14.2 Å². The van der Waals surface area contributed by atoms with Crippen molar-refractivity contribution in [1.82, 2.24) is 0 Å². The van der Waals surface area contributed by atoms with Crippen molar-refractivity contribution < 1.29 is 85.7 Å². The van der Waals surface area contributed by atoms with Gasteiger partial charge < -0.3 is 14.2 Å². The molecule has 0 spiro atoms. The van der Waals surface area contributed by atoms with Crippen molar-refractivity contribution in [2.45, 2.75) is 42.2 Å². The number of alkyl halides is 13. The van der Waals surface area contributed by atoms with Crippen molar-refractivity contribution in [3.05, 3.63) is 89.5 Å². The Hall–Kier alpha value is -4.84. The quantitative estimate of drug-likeness (QED) is 0.0768. The van der Waals surface area contributed by atoms with Crippen molar-refractivity contribution in [2.24, 2.45) is 0 Å². The van der Waals surface area contributed by atoms with E-state index in [0.717, 1.165) is 36.4 Å². The lowest BCUT2D eigenvalue weighted by molar-refractivity contribution is -0.440. The summed E-state index contributed by atoms with van der Waals surface area (Å²) < 4.78 is 187. The molecule has 0 radical (unpaired) electrons. The molecule has 3 aromatic carbocycles. The molecule has 0 aliphatic heterocycles. The van der Waals surface area contributed by atoms with Crippen LogP contribution in [0.5, 0.6) is 17.2 Å². The summed E-state index contributed by atoms with van der Waals surface area (Å²) in [6.07, 6.45) is -9.70. The summed E-state index contributed by atoms with van der Waals surface area (Å²) in [6.45, 7) is -1.69. The van der Waals surface area contributed by atoms with E-state index in [4.69, 9.17) is 9.47 Å². The lowest BCUT2D eigenvalue weighted by atomic mass is 9.93. The van der Waals surface area contributed by atoms with Gasteiger partial charge in [-0.15, -0.1) is 0 Å². The van der Waals surface area contributed by atoms with E-state index >= 15 is 0 Å². The largest absolute Gasteiger partial charge is 0.493 e. The Morgan fingerprint density at radius 1 is 0.604 bits per heavy atom. The molecule has 19 heteroatoms. The summed E-state index contributed by atoms with van der Waals surface area (Å²) in [4.78, 5) is 36.5. The summed E-state index contributed by atoms with van der Waals surface area (Å²) in [5, 5.41) is 0. The second-order valence-corrected chi connectivity index (χ2v) is 9.59. The van der Waals surface area contributed by atoms with Gasteiger partial charge in [0.05, 0.1) is 18.6 Å². The van der Waals surface area contributed by atoms with Gasteiger partial charge in [0.15, 0.2) is 0 Å². The summed E-state index contributed by atoms with van der Waals surface area (Å²) in [5.41, 5.74) is -0.690. The van der Waals surface area contributed by atoms with E-state index in [0.29, 0.717) is 6.29 Å². The minimum absolute atomic E-state index is 0.00340. The van der Waals surface area contributed by atoms with Crippen LogP contribution in [-0.2, 0) is 0 Å². The van der Waals surface area contributed by atoms with Crippen molar-refractivity contribution in [3.8, 4) is 17.2 Å². The number of hydrogen-bond acceptors (Lipinski definition) is 6. The Morgan fingerprint density at radius 3 is 1.71 bits per heavy atom. The number of halogens is 13. The van der Waals surface area contributed by atoms with Crippen LogP contribution in [-0.4, -0.2) is 60.6 Å². The number of rotatable bonds is 13. The Morgan fingerprint density at radius 2 is 1.17 bits per heavy atom. The second kappa shape index (κ2) is 13.3. The maximum Gasteiger partial charge on any atom is 0.460 e. The van der Waals surface area contributed by atoms with Crippen molar-refractivity contribution >= 4 is 18.2 Å². The molecule has 0 bridgehead atoms. The summed E-state index contributed by atoms with van der Waals surface area (Å²) in [5.74, 6) is -40.5. The Bertz CT molecular complexity index is 1620. The van der Waals surface area contributed by atoms with E-state index in [2.05, 4.69) is 4.74 Å². The van der Waals surface area contributed by atoms with Crippen LogP contribution in [0, 0.1) is 0 Å². The van der Waals surface area contributed by atoms with Crippen LogP contribution in [0.1, 0.15) is 37.5 Å². The highest BCUT2D eigenvalue weighted by atomic mass is 19.4. The monoisotopic (exact) mass is 708 g/mol. The molecule has 0 saturated carbocycles. The van der Waals surface area contributed by atoms with Gasteiger partial charge in [0.1, 0.15) is 29.1 Å².